The van der Waals surface area contributed by atoms with Crippen LogP contribution in [0.1, 0.15) is 111 Å². The van der Waals surface area contributed by atoms with Gasteiger partial charge in [-0.15, -0.1) is 0 Å². The molecule has 4 heteroatoms. The largest absolute Gasteiger partial charge is 0.596 e. The van der Waals surface area contributed by atoms with E-state index < -0.39 is 15.3 Å². The molecule has 0 saturated heterocycles. The van der Waals surface area contributed by atoms with Crippen LogP contribution < -0.4 is 4.89 Å². The molecule has 0 amide bonds. The molecule has 2 nitrogen and oxygen atoms in total. The molecule has 0 aliphatic rings. The average Bonchev–Trinajstić information content (AvgIpc) is 2.60. The van der Waals surface area contributed by atoms with Crippen LogP contribution in [0.25, 0.3) is 0 Å². The standard InChI is InChI=1S/C19H42P.C3H7O2P/c1-5-8-11-14-17-20(4,18-15-12-9-6-2)19-16-13-10-7-3;1-2-3-6(4)5/h5-19H2,1-4H3;2-3H2,1H3/q+1;. The highest BCUT2D eigenvalue weighted by Gasteiger charge is 2.29. The third-order valence-electron chi connectivity index (χ3n) is 5.06. The van der Waals surface area contributed by atoms with Gasteiger partial charge in [0.05, 0.1) is 18.5 Å². The molecule has 0 aromatic carbocycles. The summed E-state index contributed by atoms with van der Waals surface area (Å²) in [5.41, 5.74) is 0. The van der Waals surface area contributed by atoms with Crippen LogP contribution in [0.4, 0.5) is 0 Å². The van der Waals surface area contributed by atoms with Gasteiger partial charge in [-0.25, -0.2) is 0 Å². The van der Waals surface area contributed by atoms with Crippen LogP contribution in [-0.2, 0) is 4.57 Å². The van der Waals surface area contributed by atoms with Gasteiger partial charge in [0.15, 0.2) is 0 Å². The van der Waals surface area contributed by atoms with Crippen molar-refractivity contribution in [2.75, 3.05) is 31.3 Å². The van der Waals surface area contributed by atoms with Crippen molar-refractivity contribution in [1.82, 2.24) is 0 Å². The quantitative estimate of drug-likeness (QED) is 0.182. The molecular weight excluding hydrogens is 358 g/mol. The summed E-state index contributed by atoms with van der Waals surface area (Å²) in [5, 5.41) is 0. The molecule has 0 aromatic heterocycles. The first-order valence-corrected chi connectivity index (χ1v) is 15.6. The van der Waals surface area contributed by atoms with E-state index in [4.69, 9.17) is 0 Å². The first kappa shape index (κ1) is 28.7. The van der Waals surface area contributed by atoms with Crippen molar-refractivity contribution in [2.45, 2.75) is 111 Å². The highest BCUT2D eigenvalue weighted by Crippen LogP contribution is 2.57. The fourth-order valence-corrected chi connectivity index (χ4v) is 7.28. The summed E-state index contributed by atoms with van der Waals surface area (Å²) in [6.45, 7) is 11.5. The lowest BCUT2D eigenvalue weighted by Crippen LogP contribution is -2.07. The monoisotopic (exact) mass is 407 g/mol. The lowest BCUT2D eigenvalue weighted by atomic mass is 10.2. The molecule has 1 unspecified atom stereocenters. The predicted molar refractivity (Wildman–Crippen MR) is 123 cm³/mol. The van der Waals surface area contributed by atoms with Gasteiger partial charge in [0, 0.05) is 13.9 Å². The van der Waals surface area contributed by atoms with Gasteiger partial charge in [0.2, 0.25) is 0 Å². The highest BCUT2D eigenvalue weighted by molar-refractivity contribution is 7.75. The van der Waals surface area contributed by atoms with Crippen LogP contribution in [0.3, 0.4) is 0 Å². The Balaban J connectivity index is 0. The molecule has 26 heavy (non-hydrogen) atoms. The van der Waals surface area contributed by atoms with Gasteiger partial charge in [0.1, 0.15) is 6.16 Å². The molecule has 0 heterocycles. The van der Waals surface area contributed by atoms with Crippen LogP contribution in [-0.4, -0.2) is 31.3 Å². The van der Waals surface area contributed by atoms with Crippen molar-refractivity contribution in [2.24, 2.45) is 0 Å². The summed E-state index contributed by atoms with van der Waals surface area (Å²) in [4.78, 5) is 9.64. The summed E-state index contributed by atoms with van der Waals surface area (Å²) < 4.78 is 9.64. The Morgan fingerprint density at radius 1 is 0.615 bits per heavy atom. The maximum atomic E-state index is 9.64. The first-order valence-electron chi connectivity index (χ1n) is 11.4. The molecule has 1 atom stereocenters. The Hall–Kier alpha value is 0.490. The fourth-order valence-electron chi connectivity index (χ4n) is 3.28. The minimum Gasteiger partial charge on any atom is -0.596 e. The lowest BCUT2D eigenvalue weighted by Gasteiger charge is -2.23. The number of rotatable bonds is 17. The second-order valence-electron chi connectivity index (χ2n) is 8.03. The van der Waals surface area contributed by atoms with Crippen molar-refractivity contribution in [1.29, 1.82) is 0 Å². The Labute approximate surface area is 167 Å². The van der Waals surface area contributed by atoms with Gasteiger partial charge in [-0.05, 0) is 44.9 Å². The van der Waals surface area contributed by atoms with E-state index in [1.807, 2.05) is 6.92 Å². The fraction of sp³-hybridized carbons (Fsp3) is 1.00. The lowest BCUT2D eigenvalue weighted by molar-refractivity contribution is -0.164. The van der Waals surface area contributed by atoms with Crippen molar-refractivity contribution in [3.8, 4) is 0 Å². The summed E-state index contributed by atoms with van der Waals surface area (Å²) in [6.07, 6.45) is 23.3. The minimum atomic E-state index is -2.10. The Morgan fingerprint density at radius 3 is 1.15 bits per heavy atom. The molecule has 158 valence electrons. The zero-order valence-electron chi connectivity index (χ0n) is 18.7. The molecule has 0 aliphatic heterocycles. The topological polar surface area (TPSA) is 40.1 Å². The molecule has 0 fully saturated rings. The van der Waals surface area contributed by atoms with Gasteiger partial charge in [-0.2, -0.15) is 0 Å². The normalized spacial score (nSPS) is 11.8. The van der Waals surface area contributed by atoms with Crippen LogP contribution in [0.15, 0.2) is 0 Å². The van der Waals surface area contributed by atoms with Crippen molar-refractivity contribution in [3.05, 3.63) is 0 Å². The van der Waals surface area contributed by atoms with E-state index in [-0.39, 0.29) is 0 Å². The van der Waals surface area contributed by atoms with E-state index in [0.29, 0.717) is 6.16 Å². The number of hydrogen-bond acceptors (Lipinski definition) is 2. The average molecular weight is 408 g/mol. The van der Waals surface area contributed by atoms with E-state index >= 15 is 0 Å². The van der Waals surface area contributed by atoms with Gasteiger partial charge in [-0.1, -0.05) is 70.8 Å². The van der Waals surface area contributed by atoms with E-state index in [1.165, 1.54) is 77.0 Å². The molecule has 0 rings (SSSR count). The molecule has 0 bridgehead atoms. The highest BCUT2D eigenvalue weighted by atomic mass is 31.2. The van der Waals surface area contributed by atoms with E-state index in [0.717, 1.165) is 6.42 Å². The Bertz CT molecular complexity index is 265. The second-order valence-corrected chi connectivity index (χ2v) is 13.7. The van der Waals surface area contributed by atoms with Crippen LogP contribution in [0, 0.1) is 0 Å². The number of unbranched alkanes of at least 4 members (excludes halogenated alkanes) is 9. The summed E-state index contributed by atoms with van der Waals surface area (Å²) in [5.74, 6) is 0. The van der Waals surface area contributed by atoms with Gasteiger partial charge < -0.3 is 4.89 Å². The molecule has 0 saturated carbocycles. The maximum absolute atomic E-state index is 9.64. The minimum absolute atomic E-state index is 0.329. The van der Waals surface area contributed by atoms with E-state index in [9.17, 15) is 9.46 Å². The summed E-state index contributed by atoms with van der Waals surface area (Å²) >= 11 is 0. The predicted octanol–water partition coefficient (Wildman–Crippen LogP) is 7.87. The summed E-state index contributed by atoms with van der Waals surface area (Å²) in [6, 6.07) is 0. The molecule has 0 aliphatic carbocycles. The Morgan fingerprint density at radius 2 is 0.962 bits per heavy atom. The zero-order valence-corrected chi connectivity index (χ0v) is 20.5. The van der Waals surface area contributed by atoms with Crippen molar-refractivity contribution >= 4 is 15.3 Å². The SMILES string of the molecule is CCCCCC[P+](C)(CCCCCC)CCCCCC.CCC[P+](=O)[O-]. The van der Waals surface area contributed by atoms with Gasteiger partial charge in [0.25, 0.3) is 0 Å². The summed E-state index contributed by atoms with van der Waals surface area (Å²) in [7, 11) is -2.69. The molecule has 0 spiro atoms. The van der Waals surface area contributed by atoms with E-state index in [2.05, 4.69) is 27.4 Å². The molecule has 0 N–H and O–H groups in total. The van der Waals surface area contributed by atoms with Gasteiger partial charge in [-0.3, -0.25) is 0 Å². The second kappa shape index (κ2) is 21.8. The molecule has 0 radical (unpaired) electrons. The maximum Gasteiger partial charge on any atom is 0.308 e. The van der Waals surface area contributed by atoms with Crippen molar-refractivity contribution < 1.29 is 9.46 Å². The molecular formula is C22H49O2P2+. The van der Waals surface area contributed by atoms with Crippen LogP contribution in [0.5, 0.6) is 0 Å². The van der Waals surface area contributed by atoms with Crippen LogP contribution in [0.2, 0.25) is 0 Å². The van der Waals surface area contributed by atoms with E-state index in [1.54, 1.807) is 18.5 Å². The van der Waals surface area contributed by atoms with Gasteiger partial charge >= 0.3 is 8.03 Å². The third kappa shape index (κ3) is 22.5. The van der Waals surface area contributed by atoms with Crippen LogP contribution >= 0.6 is 15.3 Å². The Kier molecular flexibility index (Phi) is 24.0. The first-order chi connectivity index (χ1) is 12.5. The smallest absolute Gasteiger partial charge is 0.308 e. The molecule has 0 aromatic rings. The third-order valence-corrected chi connectivity index (χ3v) is 10.1. The van der Waals surface area contributed by atoms with Crippen molar-refractivity contribution in [3.63, 3.8) is 0 Å². The number of hydrogen-bond donors (Lipinski definition) is 0. The zero-order chi connectivity index (χ0) is 20.1.